The van der Waals surface area contributed by atoms with E-state index in [2.05, 4.69) is 9.47 Å². The van der Waals surface area contributed by atoms with E-state index in [1.165, 1.54) is 7.11 Å². The molecular weight excluding hydrogens is 156 g/mol. The molecular formula is C6H13F2NO2. The Balaban J connectivity index is 3.10. The first-order chi connectivity index (χ1) is 5.16. The summed E-state index contributed by atoms with van der Waals surface area (Å²) in [6.07, 6.45) is -2.43. The molecule has 0 amide bonds. The van der Waals surface area contributed by atoms with Gasteiger partial charge in [-0.1, -0.05) is 0 Å². The Kier molecular flexibility index (Phi) is 6.30. The van der Waals surface area contributed by atoms with Crippen LogP contribution in [0.4, 0.5) is 8.78 Å². The van der Waals surface area contributed by atoms with Crippen molar-refractivity contribution in [1.29, 1.82) is 0 Å². The predicted octanol–water partition coefficient (Wildman–Crippen LogP) is 0.242. The van der Waals surface area contributed by atoms with E-state index in [4.69, 9.17) is 5.73 Å². The number of hydrogen-bond donors (Lipinski definition) is 1. The minimum atomic E-state index is -2.43. The van der Waals surface area contributed by atoms with E-state index in [9.17, 15) is 8.78 Å². The lowest BCUT2D eigenvalue weighted by Crippen LogP contribution is -2.31. The molecule has 0 aliphatic heterocycles. The SMILES string of the molecule is COCC(N)COCC(F)F. The molecule has 0 aromatic rings. The van der Waals surface area contributed by atoms with Crippen LogP contribution in [0, 0.1) is 0 Å². The summed E-state index contributed by atoms with van der Waals surface area (Å²) in [5.74, 6) is 0. The minimum absolute atomic E-state index is 0.109. The first-order valence-electron chi connectivity index (χ1n) is 3.27. The van der Waals surface area contributed by atoms with Gasteiger partial charge in [0.05, 0.1) is 19.3 Å². The molecule has 0 aliphatic carbocycles. The van der Waals surface area contributed by atoms with Crippen LogP contribution in [0.15, 0.2) is 0 Å². The first kappa shape index (κ1) is 10.7. The van der Waals surface area contributed by atoms with Crippen LogP contribution in [0.1, 0.15) is 0 Å². The molecule has 0 aromatic carbocycles. The standard InChI is InChI=1S/C6H13F2NO2/c1-10-2-5(9)3-11-4-6(7)8/h5-6H,2-4,9H2,1H3. The minimum Gasteiger partial charge on any atom is -0.383 e. The van der Waals surface area contributed by atoms with E-state index in [0.717, 1.165) is 0 Å². The number of nitrogens with two attached hydrogens (primary N) is 1. The van der Waals surface area contributed by atoms with Crippen molar-refractivity contribution in [2.45, 2.75) is 12.5 Å². The van der Waals surface area contributed by atoms with E-state index in [0.29, 0.717) is 6.61 Å². The average Bonchev–Trinajstić information content (AvgIpc) is 1.87. The summed E-state index contributed by atoms with van der Waals surface area (Å²) < 4.78 is 32.2. The van der Waals surface area contributed by atoms with Crippen LogP contribution in [-0.4, -0.2) is 39.4 Å². The van der Waals surface area contributed by atoms with Crippen molar-refractivity contribution in [3.63, 3.8) is 0 Å². The van der Waals surface area contributed by atoms with Gasteiger partial charge in [0.1, 0.15) is 6.61 Å². The zero-order chi connectivity index (χ0) is 8.69. The maximum absolute atomic E-state index is 11.5. The van der Waals surface area contributed by atoms with Crippen LogP contribution in [0.2, 0.25) is 0 Å². The van der Waals surface area contributed by atoms with Crippen molar-refractivity contribution in [3.05, 3.63) is 0 Å². The third-order valence-corrected chi connectivity index (χ3v) is 0.957. The summed E-state index contributed by atoms with van der Waals surface area (Å²) in [7, 11) is 1.49. The van der Waals surface area contributed by atoms with Gasteiger partial charge in [0, 0.05) is 7.11 Å². The fourth-order valence-corrected chi connectivity index (χ4v) is 0.571. The summed E-state index contributed by atoms with van der Waals surface area (Å²) in [5, 5.41) is 0. The van der Waals surface area contributed by atoms with Crippen LogP contribution in [-0.2, 0) is 9.47 Å². The largest absolute Gasteiger partial charge is 0.383 e. The van der Waals surface area contributed by atoms with Crippen molar-refractivity contribution in [2.24, 2.45) is 5.73 Å². The van der Waals surface area contributed by atoms with Gasteiger partial charge in [0.25, 0.3) is 6.43 Å². The summed E-state index contributed by atoms with van der Waals surface area (Å²) >= 11 is 0. The lowest BCUT2D eigenvalue weighted by molar-refractivity contribution is 0.00536. The Bertz CT molecular complexity index is 92.7. The molecule has 0 saturated carbocycles. The van der Waals surface area contributed by atoms with Crippen LogP contribution >= 0.6 is 0 Å². The van der Waals surface area contributed by atoms with Gasteiger partial charge in [-0.3, -0.25) is 0 Å². The molecule has 1 unspecified atom stereocenters. The van der Waals surface area contributed by atoms with E-state index >= 15 is 0 Å². The van der Waals surface area contributed by atoms with Gasteiger partial charge in [0.2, 0.25) is 0 Å². The normalized spacial score (nSPS) is 13.9. The van der Waals surface area contributed by atoms with Crippen LogP contribution in [0.3, 0.4) is 0 Å². The smallest absolute Gasteiger partial charge is 0.261 e. The van der Waals surface area contributed by atoms with Crippen molar-refractivity contribution in [3.8, 4) is 0 Å². The van der Waals surface area contributed by atoms with Crippen LogP contribution in [0.25, 0.3) is 0 Å². The van der Waals surface area contributed by atoms with Gasteiger partial charge in [0.15, 0.2) is 0 Å². The molecule has 11 heavy (non-hydrogen) atoms. The van der Waals surface area contributed by atoms with Gasteiger partial charge in [-0.2, -0.15) is 0 Å². The molecule has 0 heterocycles. The Labute approximate surface area is 64.5 Å². The van der Waals surface area contributed by atoms with Gasteiger partial charge >= 0.3 is 0 Å². The predicted molar refractivity (Wildman–Crippen MR) is 36.7 cm³/mol. The number of halogens is 2. The number of methoxy groups -OCH3 is 1. The Morgan fingerprint density at radius 3 is 2.36 bits per heavy atom. The van der Waals surface area contributed by atoms with Crippen LogP contribution < -0.4 is 5.73 Å². The number of ether oxygens (including phenoxy) is 2. The zero-order valence-electron chi connectivity index (χ0n) is 6.43. The molecule has 0 aliphatic rings. The second-order valence-electron chi connectivity index (χ2n) is 2.14. The molecule has 0 saturated heterocycles. The summed E-state index contributed by atoms with van der Waals surface area (Å²) in [6, 6.07) is -0.321. The van der Waals surface area contributed by atoms with Gasteiger partial charge in [-0.05, 0) is 0 Å². The molecule has 0 radical (unpaired) electrons. The van der Waals surface area contributed by atoms with Crippen molar-refractivity contribution >= 4 is 0 Å². The zero-order valence-corrected chi connectivity index (χ0v) is 6.43. The van der Waals surface area contributed by atoms with Crippen molar-refractivity contribution in [1.82, 2.24) is 0 Å². The summed E-state index contributed by atoms with van der Waals surface area (Å²) in [4.78, 5) is 0. The highest BCUT2D eigenvalue weighted by molar-refractivity contribution is 4.56. The fraction of sp³-hybridized carbons (Fsp3) is 1.00. The topological polar surface area (TPSA) is 44.5 Å². The van der Waals surface area contributed by atoms with Gasteiger partial charge in [-0.15, -0.1) is 0 Å². The lowest BCUT2D eigenvalue weighted by Gasteiger charge is -2.09. The highest BCUT2D eigenvalue weighted by Crippen LogP contribution is 1.93. The Morgan fingerprint density at radius 1 is 1.27 bits per heavy atom. The fourth-order valence-electron chi connectivity index (χ4n) is 0.571. The molecule has 0 spiro atoms. The van der Waals surface area contributed by atoms with Crippen molar-refractivity contribution in [2.75, 3.05) is 26.9 Å². The van der Waals surface area contributed by atoms with E-state index in [-0.39, 0.29) is 12.6 Å². The lowest BCUT2D eigenvalue weighted by atomic mass is 10.4. The van der Waals surface area contributed by atoms with Crippen molar-refractivity contribution < 1.29 is 18.3 Å². The molecule has 0 rings (SSSR count). The monoisotopic (exact) mass is 169 g/mol. The van der Waals surface area contributed by atoms with Crippen LogP contribution in [0.5, 0.6) is 0 Å². The van der Waals surface area contributed by atoms with E-state index < -0.39 is 13.0 Å². The molecule has 0 fully saturated rings. The maximum atomic E-state index is 11.5. The number of alkyl halides is 2. The Morgan fingerprint density at radius 2 is 1.91 bits per heavy atom. The van der Waals surface area contributed by atoms with E-state index in [1.54, 1.807) is 0 Å². The second-order valence-corrected chi connectivity index (χ2v) is 2.14. The average molecular weight is 169 g/mol. The molecule has 0 aromatic heterocycles. The summed E-state index contributed by atoms with van der Waals surface area (Å²) in [6.45, 7) is -0.126. The number of hydrogen-bond acceptors (Lipinski definition) is 3. The van der Waals surface area contributed by atoms with E-state index in [1.807, 2.05) is 0 Å². The molecule has 5 heteroatoms. The molecule has 68 valence electrons. The molecule has 1 atom stereocenters. The highest BCUT2D eigenvalue weighted by atomic mass is 19.3. The highest BCUT2D eigenvalue weighted by Gasteiger charge is 2.05. The molecule has 2 N–H and O–H groups in total. The second kappa shape index (κ2) is 6.45. The summed E-state index contributed by atoms with van der Waals surface area (Å²) in [5.41, 5.74) is 5.38. The van der Waals surface area contributed by atoms with Gasteiger partial charge < -0.3 is 15.2 Å². The first-order valence-corrected chi connectivity index (χ1v) is 3.27. The maximum Gasteiger partial charge on any atom is 0.261 e. The Hall–Kier alpha value is -0.260. The third-order valence-electron chi connectivity index (χ3n) is 0.957. The molecule has 3 nitrogen and oxygen atoms in total. The molecule has 0 bridgehead atoms. The van der Waals surface area contributed by atoms with Gasteiger partial charge in [-0.25, -0.2) is 8.78 Å². The number of rotatable bonds is 6. The quantitative estimate of drug-likeness (QED) is 0.619. The third kappa shape index (κ3) is 7.64.